The van der Waals surface area contributed by atoms with Crippen molar-refractivity contribution in [2.75, 3.05) is 20.6 Å². The third kappa shape index (κ3) is 4.22. The van der Waals surface area contributed by atoms with Gasteiger partial charge in [0, 0.05) is 19.0 Å². The Morgan fingerprint density at radius 2 is 2.28 bits per heavy atom. The van der Waals surface area contributed by atoms with Gasteiger partial charge in [-0.3, -0.25) is 4.99 Å². The van der Waals surface area contributed by atoms with Gasteiger partial charge in [0.15, 0.2) is 5.96 Å². The van der Waals surface area contributed by atoms with Crippen molar-refractivity contribution in [1.82, 2.24) is 15.2 Å². The van der Waals surface area contributed by atoms with Gasteiger partial charge in [-0.05, 0) is 44.7 Å². The number of rotatable bonds is 5. The van der Waals surface area contributed by atoms with Crippen molar-refractivity contribution in [3.05, 3.63) is 39.7 Å². The molecular weight excluding hydrogens is 336 g/mol. The van der Waals surface area contributed by atoms with Crippen LogP contribution in [0.4, 0.5) is 0 Å². The van der Waals surface area contributed by atoms with E-state index in [9.17, 15) is 5.11 Å². The molecule has 0 saturated carbocycles. The standard InChI is InChI=1S/C18H26N4O2S/c1-18(23,15-9-6-10-24-15)12-20-17(19-2)22(3)11-16-21-13-7-4-5-8-14(13)25-16/h6,9-10,23H,4-5,7-8,11-12H2,1-3H3,(H,19,20). The second kappa shape index (κ2) is 7.58. The highest BCUT2D eigenvalue weighted by Gasteiger charge is 2.27. The van der Waals surface area contributed by atoms with Crippen LogP contribution in [0.15, 0.2) is 27.8 Å². The number of guanidine groups is 1. The molecule has 25 heavy (non-hydrogen) atoms. The molecule has 0 saturated heterocycles. The highest BCUT2D eigenvalue weighted by molar-refractivity contribution is 7.11. The number of aromatic nitrogens is 1. The van der Waals surface area contributed by atoms with E-state index in [1.165, 1.54) is 23.4 Å². The minimum atomic E-state index is -1.10. The summed E-state index contributed by atoms with van der Waals surface area (Å²) in [5.41, 5.74) is 0.184. The average molecular weight is 362 g/mol. The van der Waals surface area contributed by atoms with Gasteiger partial charge in [0.25, 0.3) is 0 Å². The largest absolute Gasteiger partial charge is 0.466 e. The summed E-state index contributed by atoms with van der Waals surface area (Å²) >= 11 is 1.81. The van der Waals surface area contributed by atoms with Crippen LogP contribution in [-0.2, 0) is 25.0 Å². The SMILES string of the molecule is CN=C(NCC(C)(O)c1ccco1)N(C)Cc1nc2c(s1)CCCC2. The van der Waals surface area contributed by atoms with Crippen molar-refractivity contribution in [2.24, 2.45) is 4.99 Å². The second-order valence-electron chi connectivity index (χ2n) is 6.69. The first-order valence-electron chi connectivity index (χ1n) is 8.65. The van der Waals surface area contributed by atoms with Crippen molar-refractivity contribution in [3.63, 3.8) is 0 Å². The topological polar surface area (TPSA) is 73.9 Å². The van der Waals surface area contributed by atoms with Crippen molar-refractivity contribution in [2.45, 2.75) is 44.8 Å². The number of nitrogens with zero attached hydrogens (tertiary/aromatic N) is 3. The molecular formula is C18H26N4O2S. The Balaban J connectivity index is 1.60. The van der Waals surface area contributed by atoms with Crippen LogP contribution in [0.2, 0.25) is 0 Å². The predicted octanol–water partition coefficient (Wildman–Crippen LogP) is 2.53. The summed E-state index contributed by atoms with van der Waals surface area (Å²) in [4.78, 5) is 12.6. The lowest BCUT2D eigenvalue weighted by atomic mass is 10.0. The maximum absolute atomic E-state index is 10.6. The molecule has 1 atom stereocenters. The molecule has 6 nitrogen and oxygen atoms in total. The molecule has 7 heteroatoms. The number of aryl methyl sites for hydroxylation is 2. The second-order valence-corrected chi connectivity index (χ2v) is 7.86. The smallest absolute Gasteiger partial charge is 0.193 e. The molecule has 0 spiro atoms. The van der Waals surface area contributed by atoms with Crippen LogP contribution in [0.25, 0.3) is 0 Å². The number of aliphatic hydroxyl groups is 1. The molecule has 2 aromatic rings. The zero-order valence-electron chi connectivity index (χ0n) is 15.1. The Morgan fingerprint density at radius 1 is 1.48 bits per heavy atom. The van der Waals surface area contributed by atoms with E-state index in [0.29, 0.717) is 18.8 Å². The number of hydrogen-bond donors (Lipinski definition) is 2. The Bertz CT molecular complexity index is 698. The summed E-state index contributed by atoms with van der Waals surface area (Å²) in [7, 11) is 3.73. The highest BCUT2D eigenvalue weighted by atomic mass is 32.1. The fourth-order valence-electron chi connectivity index (χ4n) is 3.06. The summed E-state index contributed by atoms with van der Waals surface area (Å²) in [6.45, 7) is 2.74. The van der Waals surface area contributed by atoms with E-state index in [4.69, 9.17) is 9.40 Å². The van der Waals surface area contributed by atoms with Gasteiger partial charge in [-0.25, -0.2) is 4.98 Å². The van der Waals surface area contributed by atoms with E-state index in [2.05, 4.69) is 10.3 Å². The quantitative estimate of drug-likeness (QED) is 0.632. The number of hydrogen-bond acceptors (Lipinski definition) is 5. The van der Waals surface area contributed by atoms with E-state index in [-0.39, 0.29) is 0 Å². The Kier molecular flexibility index (Phi) is 5.44. The number of thiazole rings is 1. The van der Waals surface area contributed by atoms with Crippen LogP contribution in [-0.4, -0.2) is 41.6 Å². The van der Waals surface area contributed by atoms with Gasteiger partial charge in [-0.1, -0.05) is 0 Å². The highest BCUT2D eigenvalue weighted by Crippen LogP contribution is 2.27. The van der Waals surface area contributed by atoms with Crippen LogP contribution in [0.3, 0.4) is 0 Å². The van der Waals surface area contributed by atoms with Crippen LogP contribution in [0.5, 0.6) is 0 Å². The van der Waals surface area contributed by atoms with Gasteiger partial charge in [0.05, 0.1) is 25.0 Å². The first kappa shape index (κ1) is 17.9. The van der Waals surface area contributed by atoms with Gasteiger partial charge in [-0.2, -0.15) is 0 Å². The fourth-order valence-corrected chi connectivity index (χ4v) is 4.27. The van der Waals surface area contributed by atoms with Gasteiger partial charge >= 0.3 is 0 Å². The van der Waals surface area contributed by atoms with Crippen LogP contribution in [0, 0.1) is 0 Å². The fraction of sp³-hybridized carbons (Fsp3) is 0.556. The Morgan fingerprint density at radius 3 is 2.96 bits per heavy atom. The maximum Gasteiger partial charge on any atom is 0.193 e. The molecule has 2 N–H and O–H groups in total. The molecule has 3 rings (SSSR count). The monoisotopic (exact) mass is 362 g/mol. The normalized spacial score (nSPS) is 17.0. The molecule has 1 aliphatic rings. The zero-order valence-corrected chi connectivity index (χ0v) is 15.9. The molecule has 1 unspecified atom stereocenters. The summed E-state index contributed by atoms with van der Waals surface area (Å²) in [5, 5.41) is 14.9. The van der Waals surface area contributed by atoms with Gasteiger partial charge in [0.2, 0.25) is 0 Å². The Labute approximate surface area is 152 Å². The first-order chi connectivity index (χ1) is 12.0. The van der Waals surface area contributed by atoms with Gasteiger partial charge in [0.1, 0.15) is 16.4 Å². The molecule has 0 bridgehead atoms. The summed E-state index contributed by atoms with van der Waals surface area (Å²) in [6, 6.07) is 3.54. The van der Waals surface area contributed by atoms with Crippen molar-refractivity contribution >= 4 is 17.3 Å². The van der Waals surface area contributed by atoms with Crippen molar-refractivity contribution in [1.29, 1.82) is 0 Å². The lowest BCUT2D eigenvalue weighted by molar-refractivity contribution is 0.0381. The summed E-state index contributed by atoms with van der Waals surface area (Å²) in [6.07, 6.45) is 6.35. The zero-order chi connectivity index (χ0) is 17.9. The number of fused-ring (bicyclic) bond motifs is 1. The van der Waals surface area contributed by atoms with E-state index >= 15 is 0 Å². The van der Waals surface area contributed by atoms with Crippen molar-refractivity contribution in [3.8, 4) is 0 Å². The molecule has 0 aromatic carbocycles. The van der Waals surface area contributed by atoms with E-state index in [0.717, 1.165) is 23.8 Å². The molecule has 136 valence electrons. The van der Waals surface area contributed by atoms with Gasteiger partial charge in [-0.15, -0.1) is 11.3 Å². The lowest BCUT2D eigenvalue weighted by Gasteiger charge is -2.26. The third-order valence-electron chi connectivity index (χ3n) is 4.48. The first-order valence-corrected chi connectivity index (χ1v) is 9.47. The minimum Gasteiger partial charge on any atom is -0.466 e. The van der Waals surface area contributed by atoms with Crippen molar-refractivity contribution < 1.29 is 9.52 Å². The average Bonchev–Trinajstić information content (AvgIpc) is 3.24. The lowest BCUT2D eigenvalue weighted by Crippen LogP contribution is -2.44. The molecule has 0 aliphatic heterocycles. The number of furan rings is 1. The molecule has 0 radical (unpaired) electrons. The molecule has 0 amide bonds. The summed E-state index contributed by atoms with van der Waals surface area (Å²) in [5.74, 6) is 1.26. The molecule has 1 aliphatic carbocycles. The summed E-state index contributed by atoms with van der Waals surface area (Å²) < 4.78 is 5.32. The van der Waals surface area contributed by atoms with Crippen LogP contribution < -0.4 is 5.32 Å². The van der Waals surface area contributed by atoms with E-state index in [1.54, 1.807) is 32.4 Å². The van der Waals surface area contributed by atoms with Gasteiger partial charge < -0.3 is 19.7 Å². The van der Waals surface area contributed by atoms with E-state index < -0.39 is 5.60 Å². The number of aliphatic imine (C=N–C) groups is 1. The molecule has 2 heterocycles. The molecule has 2 aromatic heterocycles. The van der Waals surface area contributed by atoms with Crippen LogP contribution >= 0.6 is 11.3 Å². The minimum absolute atomic E-state index is 0.311. The third-order valence-corrected chi connectivity index (χ3v) is 5.62. The maximum atomic E-state index is 10.6. The van der Waals surface area contributed by atoms with Crippen LogP contribution in [0.1, 0.15) is 41.1 Å². The van der Waals surface area contributed by atoms with E-state index in [1.807, 2.05) is 23.3 Å². The Hall–Kier alpha value is -1.86. The molecule has 0 fully saturated rings. The number of nitrogens with one attached hydrogen (secondary N) is 1. The predicted molar refractivity (Wildman–Crippen MR) is 99.9 cm³/mol.